The third-order valence-corrected chi connectivity index (χ3v) is 4.40. The third-order valence-electron chi connectivity index (χ3n) is 3.99. The van der Waals surface area contributed by atoms with E-state index in [4.69, 9.17) is 16.7 Å². The van der Waals surface area contributed by atoms with Crippen molar-refractivity contribution in [2.75, 3.05) is 25.0 Å². The summed E-state index contributed by atoms with van der Waals surface area (Å²) in [6.45, 7) is 5.13. The molecule has 1 aromatic rings. The molecule has 0 saturated carbocycles. The minimum Gasteiger partial charge on any atom is -0.481 e. The Labute approximate surface area is 128 Å². The number of halogens is 1. The molecule has 0 bridgehead atoms. The highest BCUT2D eigenvalue weighted by Gasteiger charge is 2.35. The maximum absolute atomic E-state index is 12.0. The molecule has 1 aliphatic heterocycles. The van der Waals surface area contributed by atoms with Gasteiger partial charge in [-0.05, 0) is 30.5 Å². The molecule has 21 heavy (non-hydrogen) atoms. The number of likely N-dealkylation sites (tertiary alicyclic amines) is 1. The second-order valence-corrected chi connectivity index (χ2v) is 5.95. The van der Waals surface area contributed by atoms with Crippen molar-refractivity contribution in [2.45, 2.75) is 13.8 Å². The van der Waals surface area contributed by atoms with E-state index in [1.165, 1.54) is 0 Å². The average Bonchev–Trinajstić information content (AvgIpc) is 2.38. The van der Waals surface area contributed by atoms with Crippen molar-refractivity contribution in [3.05, 3.63) is 28.8 Å². The van der Waals surface area contributed by atoms with Gasteiger partial charge in [0, 0.05) is 23.8 Å². The van der Waals surface area contributed by atoms with E-state index in [1.54, 1.807) is 19.1 Å². The topological polar surface area (TPSA) is 69.6 Å². The number of rotatable bonds is 5. The monoisotopic (exact) mass is 310 g/mol. The zero-order chi connectivity index (χ0) is 15.6. The van der Waals surface area contributed by atoms with Gasteiger partial charge in [-0.3, -0.25) is 14.5 Å². The lowest BCUT2D eigenvalue weighted by molar-refractivity contribution is -0.145. The quantitative estimate of drug-likeness (QED) is 0.875. The number of carboxylic acids is 1. The molecule has 0 aromatic heterocycles. The summed E-state index contributed by atoms with van der Waals surface area (Å²) >= 11 is 6.01. The van der Waals surface area contributed by atoms with Crippen LogP contribution in [0.25, 0.3) is 0 Å². The molecule has 1 unspecified atom stereocenters. The van der Waals surface area contributed by atoms with E-state index in [1.807, 2.05) is 17.9 Å². The SMILES string of the molecule is Cc1c(Cl)cccc1NC(=O)CN1CC(C(C)C(=O)O)C1. The number of nitrogens with zero attached hydrogens (tertiary/aromatic N) is 1. The summed E-state index contributed by atoms with van der Waals surface area (Å²) in [6, 6.07) is 5.38. The van der Waals surface area contributed by atoms with Crippen molar-refractivity contribution in [2.24, 2.45) is 11.8 Å². The zero-order valence-electron chi connectivity index (χ0n) is 12.1. The van der Waals surface area contributed by atoms with Crippen LogP contribution in [-0.2, 0) is 9.59 Å². The van der Waals surface area contributed by atoms with E-state index < -0.39 is 5.97 Å². The van der Waals surface area contributed by atoms with Crippen molar-refractivity contribution in [1.29, 1.82) is 0 Å². The van der Waals surface area contributed by atoms with Gasteiger partial charge in [-0.25, -0.2) is 0 Å². The second kappa shape index (κ2) is 6.45. The Balaban J connectivity index is 1.82. The predicted octanol–water partition coefficient (Wildman–Crippen LogP) is 2.24. The van der Waals surface area contributed by atoms with Crippen LogP contribution in [0.1, 0.15) is 12.5 Å². The number of carbonyl (C=O) groups is 2. The van der Waals surface area contributed by atoms with Gasteiger partial charge in [0.15, 0.2) is 0 Å². The maximum Gasteiger partial charge on any atom is 0.306 e. The molecule has 0 aliphatic carbocycles. The molecule has 0 spiro atoms. The van der Waals surface area contributed by atoms with Gasteiger partial charge < -0.3 is 10.4 Å². The summed E-state index contributed by atoms with van der Waals surface area (Å²) in [7, 11) is 0. The number of hydrogen-bond donors (Lipinski definition) is 2. The van der Waals surface area contributed by atoms with Crippen LogP contribution in [0.15, 0.2) is 18.2 Å². The smallest absolute Gasteiger partial charge is 0.306 e. The predicted molar refractivity (Wildman–Crippen MR) is 81.5 cm³/mol. The minimum atomic E-state index is -0.779. The van der Waals surface area contributed by atoms with E-state index in [0.717, 1.165) is 5.56 Å². The highest BCUT2D eigenvalue weighted by Crippen LogP contribution is 2.25. The Bertz CT molecular complexity index is 556. The Morgan fingerprint density at radius 1 is 1.48 bits per heavy atom. The molecule has 0 radical (unpaired) electrons. The summed E-state index contributed by atoms with van der Waals surface area (Å²) in [5.41, 5.74) is 1.55. The summed E-state index contributed by atoms with van der Waals surface area (Å²) in [5, 5.41) is 12.4. The molecule has 5 nitrogen and oxygen atoms in total. The fraction of sp³-hybridized carbons (Fsp3) is 0.467. The lowest BCUT2D eigenvalue weighted by atomic mass is 9.87. The third kappa shape index (κ3) is 3.74. The highest BCUT2D eigenvalue weighted by molar-refractivity contribution is 6.31. The van der Waals surface area contributed by atoms with Crippen molar-refractivity contribution in [3.8, 4) is 0 Å². The molecule has 1 fully saturated rings. The average molecular weight is 311 g/mol. The van der Waals surface area contributed by atoms with Gasteiger partial charge in [-0.1, -0.05) is 24.6 Å². The van der Waals surface area contributed by atoms with Gasteiger partial charge in [0.05, 0.1) is 12.5 Å². The van der Waals surface area contributed by atoms with Crippen molar-refractivity contribution < 1.29 is 14.7 Å². The normalized spacial score (nSPS) is 17.1. The van der Waals surface area contributed by atoms with Crippen LogP contribution in [0, 0.1) is 18.8 Å². The zero-order valence-corrected chi connectivity index (χ0v) is 12.9. The van der Waals surface area contributed by atoms with Crippen LogP contribution in [0.3, 0.4) is 0 Å². The first-order valence-electron chi connectivity index (χ1n) is 6.88. The Hall–Kier alpha value is -1.59. The van der Waals surface area contributed by atoms with Crippen LogP contribution in [0.4, 0.5) is 5.69 Å². The number of anilines is 1. The molecule has 6 heteroatoms. The number of amides is 1. The lowest BCUT2D eigenvalue weighted by Crippen LogP contribution is -2.53. The second-order valence-electron chi connectivity index (χ2n) is 5.54. The molecule has 1 saturated heterocycles. The number of nitrogens with one attached hydrogen (secondary N) is 1. The van der Waals surface area contributed by atoms with Crippen LogP contribution >= 0.6 is 11.6 Å². The number of carbonyl (C=O) groups excluding carboxylic acids is 1. The van der Waals surface area contributed by atoms with E-state index in [2.05, 4.69) is 5.32 Å². The van der Waals surface area contributed by atoms with Crippen molar-refractivity contribution >= 4 is 29.2 Å². The van der Waals surface area contributed by atoms with E-state index in [9.17, 15) is 9.59 Å². The van der Waals surface area contributed by atoms with Gasteiger partial charge in [-0.15, -0.1) is 0 Å². The Kier molecular flexibility index (Phi) is 4.85. The van der Waals surface area contributed by atoms with Gasteiger partial charge in [0.25, 0.3) is 0 Å². The molecule has 2 rings (SSSR count). The van der Waals surface area contributed by atoms with Crippen molar-refractivity contribution in [3.63, 3.8) is 0 Å². The molecular weight excluding hydrogens is 292 g/mol. The molecule has 1 aliphatic rings. The Morgan fingerprint density at radius 3 is 2.76 bits per heavy atom. The molecule has 1 amide bonds. The van der Waals surface area contributed by atoms with Crippen LogP contribution in [0.5, 0.6) is 0 Å². The molecule has 1 atom stereocenters. The van der Waals surface area contributed by atoms with E-state index >= 15 is 0 Å². The molecule has 1 aromatic carbocycles. The largest absolute Gasteiger partial charge is 0.481 e. The summed E-state index contributed by atoms with van der Waals surface area (Å²) in [5.74, 6) is -1.12. The van der Waals surface area contributed by atoms with Gasteiger partial charge in [0.2, 0.25) is 5.91 Å². The molecule has 1 heterocycles. The minimum absolute atomic E-state index is 0.109. The lowest BCUT2D eigenvalue weighted by Gasteiger charge is -2.40. The summed E-state index contributed by atoms with van der Waals surface area (Å²) in [4.78, 5) is 24.8. The number of benzene rings is 1. The van der Waals surface area contributed by atoms with Gasteiger partial charge >= 0.3 is 5.97 Å². The summed E-state index contributed by atoms with van der Waals surface area (Å²) in [6.07, 6.45) is 0. The number of aliphatic carboxylic acids is 1. The fourth-order valence-electron chi connectivity index (χ4n) is 2.39. The maximum atomic E-state index is 12.0. The first-order chi connectivity index (χ1) is 9.88. The van der Waals surface area contributed by atoms with Crippen LogP contribution in [-0.4, -0.2) is 41.5 Å². The van der Waals surface area contributed by atoms with E-state index in [0.29, 0.717) is 23.8 Å². The van der Waals surface area contributed by atoms with Crippen LogP contribution in [0.2, 0.25) is 5.02 Å². The van der Waals surface area contributed by atoms with Gasteiger partial charge in [-0.2, -0.15) is 0 Å². The Morgan fingerprint density at radius 2 is 2.14 bits per heavy atom. The van der Waals surface area contributed by atoms with Gasteiger partial charge in [0.1, 0.15) is 0 Å². The molecule has 114 valence electrons. The van der Waals surface area contributed by atoms with Crippen molar-refractivity contribution in [1.82, 2.24) is 4.90 Å². The first-order valence-corrected chi connectivity index (χ1v) is 7.26. The fourth-order valence-corrected chi connectivity index (χ4v) is 2.57. The number of carboxylic acid groups (broad SMARTS) is 1. The highest BCUT2D eigenvalue weighted by atomic mass is 35.5. The van der Waals surface area contributed by atoms with E-state index in [-0.39, 0.29) is 24.3 Å². The standard InChI is InChI=1S/C15H19ClN2O3/c1-9(15(20)21)11-6-18(7-11)8-14(19)17-13-5-3-4-12(16)10(13)2/h3-5,9,11H,6-8H2,1-2H3,(H,17,19)(H,20,21). The summed E-state index contributed by atoms with van der Waals surface area (Å²) < 4.78 is 0. The molecular formula is C15H19ClN2O3. The molecule has 2 N–H and O–H groups in total. The number of hydrogen-bond acceptors (Lipinski definition) is 3. The van der Waals surface area contributed by atoms with Crippen LogP contribution < -0.4 is 5.32 Å². The first kappa shape index (κ1) is 15.8.